The third kappa shape index (κ3) is 4.46. The third-order valence-corrected chi connectivity index (χ3v) is 5.29. The largest absolute Gasteiger partial charge is 0.481 e. The van der Waals surface area contributed by atoms with E-state index in [1.807, 2.05) is 18.2 Å². The molecular formula is C23H19F6N3O2. The maximum atomic E-state index is 13.6. The van der Waals surface area contributed by atoms with E-state index in [2.05, 4.69) is 14.7 Å². The first kappa shape index (κ1) is 23.7. The molecule has 1 aromatic carbocycles. The third-order valence-electron chi connectivity index (χ3n) is 5.29. The monoisotopic (exact) mass is 483 g/mol. The van der Waals surface area contributed by atoms with Crippen molar-refractivity contribution in [1.82, 2.24) is 14.4 Å². The van der Waals surface area contributed by atoms with E-state index in [1.165, 1.54) is 6.07 Å². The summed E-state index contributed by atoms with van der Waals surface area (Å²) >= 11 is 0. The second-order valence-electron chi connectivity index (χ2n) is 7.70. The van der Waals surface area contributed by atoms with Gasteiger partial charge in [0.05, 0.1) is 5.56 Å². The Hall–Kier alpha value is -3.50. The zero-order valence-electron chi connectivity index (χ0n) is 18.3. The number of alkyl halides is 6. The molecule has 0 amide bonds. The van der Waals surface area contributed by atoms with Crippen LogP contribution in [-0.2, 0) is 12.6 Å². The topological polar surface area (TPSA) is 52.6 Å². The Balaban J connectivity index is 1.76. The number of halogens is 6. The number of ether oxygens (including phenoxy) is 1. The predicted octanol–water partition coefficient (Wildman–Crippen LogP) is 6.88. The molecule has 3 aromatic heterocycles. The second-order valence-corrected chi connectivity index (χ2v) is 7.70. The molecule has 0 spiro atoms. The van der Waals surface area contributed by atoms with Crippen LogP contribution in [0.4, 0.5) is 26.3 Å². The molecule has 0 N–H and O–H groups in total. The van der Waals surface area contributed by atoms with Gasteiger partial charge in [0.1, 0.15) is 22.9 Å². The number of aromatic nitrogens is 3. The van der Waals surface area contributed by atoms with Crippen LogP contribution in [0.25, 0.3) is 28.4 Å². The van der Waals surface area contributed by atoms with Crippen molar-refractivity contribution in [3.05, 3.63) is 59.7 Å². The van der Waals surface area contributed by atoms with Crippen LogP contribution in [0.1, 0.15) is 30.9 Å². The number of hydrogen-bond donors (Lipinski definition) is 0. The van der Waals surface area contributed by atoms with E-state index in [4.69, 9.17) is 4.42 Å². The Morgan fingerprint density at radius 2 is 1.79 bits per heavy atom. The lowest BCUT2D eigenvalue weighted by atomic mass is 10.1. The summed E-state index contributed by atoms with van der Waals surface area (Å²) in [5.41, 5.74) is 1.31. The van der Waals surface area contributed by atoms with Crippen LogP contribution in [0.3, 0.4) is 0 Å². The molecule has 11 heteroatoms. The average Bonchev–Trinajstić information content (AvgIpc) is 3.36. The van der Waals surface area contributed by atoms with Gasteiger partial charge in [0, 0.05) is 35.6 Å². The number of nitrogens with zero attached hydrogens (tertiary/aromatic N) is 3. The first-order chi connectivity index (χ1) is 15.9. The molecule has 0 saturated heterocycles. The van der Waals surface area contributed by atoms with E-state index < -0.39 is 29.8 Å². The van der Waals surface area contributed by atoms with Crippen LogP contribution in [0.5, 0.6) is 5.75 Å². The standard InChI is InChI=1S/C23H19F6N3O2/c1-4-17-20(14-7-8-32-12(2)11-30-19(32)10-14)31-21(34-17)15-5-6-18(16(9-15)23(27,28)29)33-13(3)22(24,25)26/h5-11,13H,4H2,1-3H3. The van der Waals surface area contributed by atoms with Crippen LogP contribution in [0, 0.1) is 6.92 Å². The molecule has 4 aromatic rings. The van der Waals surface area contributed by atoms with Crippen molar-refractivity contribution < 1.29 is 35.5 Å². The van der Waals surface area contributed by atoms with Gasteiger partial charge in [0.25, 0.3) is 0 Å². The number of rotatable bonds is 5. The Bertz CT molecular complexity index is 1340. The van der Waals surface area contributed by atoms with Crippen LogP contribution in [0.2, 0.25) is 0 Å². The summed E-state index contributed by atoms with van der Waals surface area (Å²) < 4.78 is 91.5. The number of pyridine rings is 1. The van der Waals surface area contributed by atoms with Crippen LogP contribution in [-0.4, -0.2) is 26.6 Å². The van der Waals surface area contributed by atoms with Crippen molar-refractivity contribution in [2.75, 3.05) is 0 Å². The minimum Gasteiger partial charge on any atom is -0.481 e. The quantitative estimate of drug-likeness (QED) is 0.291. The SMILES string of the molecule is CCc1oc(-c2ccc(OC(C)C(F)(F)F)c(C(F)(F)F)c2)nc1-c1ccn2c(C)cnc2c1. The fourth-order valence-electron chi connectivity index (χ4n) is 3.44. The van der Waals surface area contributed by atoms with Gasteiger partial charge in [-0.3, -0.25) is 0 Å². The van der Waals surface area contributed by atoms with Gasteiger partial charge >= 0.3 is 12.4 Å². The molecule has 0 bridgehead atoms. The zero-order chi connectivity index (χ0) is 24.8. The summed E-state index contributed by atoms with van der Waals surface area (Å²) in [6, 6.07) is 6.28. The zero-order valence-corrected chi connectivity index (χ0v) is 18.3. The molecule has 3 heterocycles. The molecule has 1 atom stereocenters. The van der Waals surface area contributed by atoms with Crippen molar-refractivity contribution in [3.63, 3.8) is 0 Å². The van der Waals surface area contributed by atoms with Gasteiger partial charge in [-0.2, -0.15) is 26.3 Å². The van der Waals surface area contributed by atoms with E-state index in [0.717, 1.165) is 11.8 Å². The lowest BCUT2D eigenvalue weighted by Crippen LogP contribution is -2.31. The summed E-state index contributed by atoms with van der Waals surface area (Å²) in [6.45, 7) is 4.34. The van der Waals surface area contributed by atoms with Gasteiger partial charge < -0.3 is 13.6 Å². The van der Waals surface area contributed by atoms with Gasteiger partial charge in [0.2, 0.25) is 5.89 Å². The highest BCUT2D eigenvalue weighted by Crippen LogP contribution is 2.41. The smallest absolute Gasteiger partial charge is 0.425 e. The van der Waals surface area contributed by atoms with Gasteiger partial charge in [-0.05, 0) is 44.2 Å². The molecule has 0 aliphatic rings. The van der Waals surface area contributed by atoms with Crippen molar-refractivity contribution in [1.29, 1.82) is 0 Å². The minimum absolute atomic E-state index is 0.0435. The summed E-state index contributed by atoms with van der Waals surface area (Å²) in [4.78, 5) is 8.70. The van der Waals surface area contributed by atoms with Crippen LogP contribution < -0.4 is 4.74 Å². The highest BCUT2D eigenvalue weighted by atomic mass is 19.4. The van der Waals surface area contributed by atoms with Crippen molar-refractivity contribution >= 4 is 5.65 Å². The Morgan fingerprint density at radius 1 is 1.06 bits per heavy atom. The lowest BCUT2D eigenvalue weighted by Gasteiger charge is -2.21. The fourth-order valence-corrected chi connectivity index (χ4v) is 3.44. The molecule has 4 rings (SSSR count). The van der Waals surface area contributed by atoms with Gasteiger partial charge in [0.15, 0.2) is 6.10 Å². The molecule has 0 aliphatic heterocycles. The van der Waals surface area contributed by atoms with E-state index in [-0.39, 0.29) is 11.5 Å². The summed E-state index contributed by atoms with van der Waals surface area (Å²) in [7, 11) is 0. The number of benzene rings is 1. The second kappa shape index (κ2) is 8.37. The Morgan fingerprint density at radius 3 is 2.44 bits per heavy atom. The lowest BCUT2D eigenvalue weighted by molar-refractivity contribution is -0.191. The normalized spacial score (nSPS) is 13.4. The van der Waals surface area contributed by atoms with E-state index >= 15 is 0 Å². The minimum atomic E-state index is -4.96. The number of aryl methyl sites for hydroxylation is 2. The average molecular weight is 483 g/mol. The van der Waals surface area contributed by atoms with Crippen LogP contribution >= 0.6 is 0 Å². The molecule has 5 nitrogen and oxygen atoms in total. The molecular weight excluding hydrogens is 464 g/mol. The first-order valence-corrected chi connectivity index (χ1v) is 10.3. The molecule has 0 aliphatic carbocycles. The molecule has 1 unspecified atom stereocenters. The van der Waals surface area contributed by atoms with Gasteiger partial charge in [-0.25, -0.2) is 9.97 Å². The van der Waals surface area contributed by atoms with E-state index in [1.54, 1.807) is 24.5 Å². The summed E-state index contributed by atoms with van der Waals surface area (Å²) in [6.07, 6.45) is -8.27. The van der Waals surface area contributed by atoms with Gasteiger partial charge in [-0.15, -0.1) is 0 Å². The molecule has 0 fully saturated rings. The van der Waals surface area contributed by atoms with Crippen molar-refractivity contribution in [2.24, 2.45) is 0 Å². The highest BCUT2D eigenvalue weighted by Gasteiger charge is 2.41. The van der Waals surface area contributed by atoms with Crippen LogP contribution in [0.15, 0.2) is 47.1 Å². The van der Waals surface area contributed by atoms with Crippen molar-refractivity contribution in [3.8, 4) is 28.5 Å². The van der Waals surface area contributed by atoms with E-state index in [9.17, 15) is 26.3 Å². The summed E-state index contributed by atoms with van der Waals surface area (Å²) in [5, 5.41) is 0. The van der Waals surface area contributed by atoms with E-state index in [0.29, 0.717) is 42.1 Å². The number of oxazole rings is 1. The maximum Gasteiger partial charge on any atom is 0.425 e. The number of hydrogen-bond acceptors (Lipinski definition) is 4. The number of fused-ring (bicyclic) bond motifs is 1. The molecule has 0 radical (unpaired) electrons. The number of imidazole rings is 1. The molecule has 0 saturated carbocycles. The molecule has 34 heavy (non-hydrogen) atoms. The van der Waals surface area contributed by atoms with Gasteiger partial charge in [-0.1, -0.05) is 6.92 Å². The Kier molecular flexibility index (Phi) is 5.82. The Labute approximate surface area is 190 Å². The fraction of sp³-hybridized carbons (Fsp3) is 0.304. The first-order valence-electron chi connectivity index (χ1n) is 10.3. The maximum absolute atomic E-state index is 13.6. The summed E-state index contributed by atoms with van der Waals surface area (Å²) in [5.74, 6) is -0.571. The highest BCUT2D eigenvalue weighted by molar-refractivity contribution is 5.69. The predicted molar refractivity (Wildman–Crippen MR) is 111 cm³/mol. The van der Waals surface area contributed by atoms with Crippen molar-refractivity contribution in [2.45, 2.75) is 45.6 Å². The molecule has 180 valence electrons.